The van der Waals surface area contributed by atoms with E-state index in [-0.39, 0.29) is 52.1 Å². The highest BCUT2D eigenvalue weighted by Crippen LogP contribution is 2.36. The second-order valence-electron chi connectivity index (χ2n) is 11.5. The molecule has 0 saturated carbocycles. The topological polar surface area (TPSA) is 162 Å². The summed E-state index contributed by atoms with van der Waals surface area (Å²) in [6, 6.07) is 10.2. The molecular formula is C32H30Cl2F2N6O6S. The summed E-state index contributed by atoms with van der Waals surface area (Å²) in [4.78, 5) is 44.6. The molecule has 2 aliphatic heterocycles. The number of amides is 2. The summed E-state index contributed by atoms with van der Waals surface area (Å²) in [5.74, 6) is -5.08. The maximum atomic E-state index is 13.8. The number of anilines is 1. The van der Waals surface area contributed by atoms with Gasteiger partial charge in [-0.25, -0.2) is 22.0 Å². The van der Waals surface area contributed by atoms with Crippen LogP contribution in [0.2, 0.25) is 10.0 Å². The summed E-state index contributed by atoms with van der Waals surface area (Å²) in [6.45, 7) is 0.188. The van der Waals surface area contributed by atoms with Crippen LogP contribution in [0.3, 0.4) is 0 Å². The summed E-state index contributed by atoms with van der Waals surface area (Å²) < 4.78 is 61.2. The largest absolute Gasteiger partial charge is 0.464 e. The van der Waals surface area contributed by atoms with Gasteiger partial charge in [-0.15, -0.1) is 0 Å². The van der Waals surface area contributed by atoms with E-state index in [0.29, 0.717) is 11.3 Å². The normalized spacial score (nSPS) is 19.7. The number of halogens is 4. The first-order valence-electron chi connectivity index (χ1n) is 15.0. The van der Waals surface area contributed by atoms with E-state index in [2.05, 4.69) is 15.6 Å². The zero-order valence-corrected chi connectivity index (χ0v) is 28.2. The minimum absolute atomic E-state index is 0.000704. The van der Waals surface area contributed by atoms with E-state index >= 15 is 0 Å². The van der Waals surface area contributed by atoms with Crippen LogP contribution in [0.4, 0.5) is 14.5 Å². The van der Waals surface area contributed by atoms with Crippen molar-refractivity contribution in [2.45, 2.75) is 48.7 Å². The standard InChI is InChI=1S/C32H30Cl2F2N6O6S/c1-2-48-31(45)26(11-19-6-8-21(9-7-19)39-30(44)28-24(33)14-38-15-25(28)34)40-29(43)27-12-22(41-17-32(35,36)18-41)16-42(27)49(46,47)23-5-3-4-20(10-23)13-37/h3-10,14-15,22,26-27H,2,11-12,16-18H2,1H3,(H,39,44)(H,40,43). The molecule has 2 fully saturated rings. The van der Waals surface area contributed by atoms with Gasteiger partial charge in [0.15, 0.2) is 0 Å². The summed E-state index contributed by atoms with van der Waals surface area (Å²) in [6.07, 6.45) is 2.40. The number of hydrogen-bond acceptors (Lipinski definition) is 9. The minimum atomic E-state index is -4.37. The van der Waals surface area contributed by atoms with Crippen LogP contribution in [0.1, 0.15) is 34.8 Å². The molecule has 3 heterocycles. The fraction of sp³-hybridized carbons (Fsp3) is 0.344. The van der Waals surface area contributed by atoms with E-state index in [1.165, 1.54) is 41.6 Å². The average molecular weight is 736 g/mol. The summed E-state index contributed by atoms with van der Waals surface area (Å²) in [7, 11) is -4.37. The number of nitriles is 1. The molecule has 0 bridgehead atoms. The zero-order valence-electron chi connectivity index (χ0n) is 25.9. The minimum Gasteiger partial charge on any atom is -0.464 e. The fourth-order valence-electron chi connectivity index (χ4n) is 5.71. The Hall–Kier alpha value is -4.20. The van der Waals surface area contributed by atoms with Crippen LogP contribution in [0, 0.1) is 11.3 Å². The van der Waals surface area contributed by atoms with Crippen molar-refractivity contribution in [3.8, 4) is 6.07 Å². The zero-order chi connectivity index (χ0) is 35.5. The average Bonchev–Trinajstić information content (AvgIpc) is 3.51. The Morgan fingerprint density at radius 2 is 1.80 bits per heavy atom. The number of aromatic nitrogens is 1. The van der Waals surface area contributed by atoms with Gasteiger partial charge in [0.05, 0.1) is 51.8 Å². The second-order valence-corrected chi connectivity index (χ2v) is 14.2. The third kappa shape index (κ3) is 8.17. The number of sulfonamides is 1. The third-order valence-electron chi connectivity index (χ3n) is 8.11. The van der Waals surface area contributed by atoms with Crippen molar-refractivity contribution in [3.05, 3.63) is 87.7 Å². The van der Waals surface area contributed by atoms with Gasteiger partial charge in [0.2, 0.25) is 15.9 Å². The van der Waals surface area contributed by atoms with E-state index in [9.17, 15) is 36.8 Å². The lowest BCUT2D eigenvalue weighted by atomic mass is 10.0. The van der Waals surface area contributed by atoms with Crippen molar-refractivity contribution >= 4 is 56.7 Å². The lowest BCUT2D eigenvalue weighted by Gasteiger charge is -2.42. The molecule has 2 saturated heterocycles. The molecule has 0 radical (unpaired) electrons. The molecule has 3 aromatic rings. The summed E-state index contributed by atoms with van der Waals surface area (Å²) in [5, 5.41) is 14.7. The second kappa shape index (κ2) is 14.7. The number of ether oxygens (including phenoxy) is 1. The van der Waals surface area contributed by atoms with Crippen LogP contribution in [-0.4, -0.2) is 90.7 Å². The highest BCUT2D eigenvalue weighted by atomic mass is 35.5. The molecular weight excluding hydrogens is 705 g/mol. The van der Waals surface area contributed by atoms with Gasteiger partial charge in [0.1, 0.15) is 12.1 Å². The number of carbonyl (C=O) groups is 3. The highest BCUT2D eigenvalue weighted by Gasteiger charge is 2.53. The predicted octanol–water partition coefficient (Wildman–Crippen LogP) is 3.89. The molecule has 2 aliphatic rings. The van der Waals surface area contributed by atoms with Crippen molar-refractivity contribution in [2.24, 2.45) is 0 Å². The van der Waals surface area contributed by atoms with Gasteiger partial charge < -0.3 is 15.4 Å². The lowest BCUT2D eigenvalue weighted by molar-refractivity contribution is -0.148. The van der Waals surface area contributed by atoms with Crippen LogP contribution in [0.15, 0.2) is 65.8 Å². The van der Waals surface area contributed by atoms with Crippen molar-refractivity contribution in [2.75, 3.05) is 31.6 Å². The number of alkyl halides is 2. The third-order valence-corrected chi connectivity index (χ3v) is 10.6. The van der Waals surface area contributed by atoms with Crippen LogP contribution in [0.25, 0.3) is 0 Å². The molecule has 49 heavy (non-hydrogen) atoms. The molecule has 2 aromatic carbocycles. The first kappa shape index (κ1) is 36.1. The fourth-order valence-corrected chi connectivity index (χ4v) is 7.92. The smallest absolute Gasteiger partial charge is 0.328 e. The molecule has 258 valence electrons. The van der Waals surface area contributed by atoms with E-state index in [0.717, 1.165) is 4.31 Å². The lowest BCUT2D eigenvalue weighted by Crippen LogP contribution is -2.60. The molecule has 0 spiro atoms. The molecule has 3 unspecified atom stereocenters. The first-order valence-corrected chi connectivity index (χ1v) is 17.2. The maximum Gasteiger partial charge on any atom is 0.328 e. The first-order chi connectivity index (χ1) is 23.2. The Morgan fingerprint density at radius 1 is 1.12 bits per heavy atom. The van der Waals surface area contributed by atoms with Crippen LogP contribution in [0.5, 0.6) is 0 Å². The SMILES string of the molecule is CCOC(=O)C(Cc1ccc(NC(=O)c2c(Cl)cncc2Cl)cc1)NC(=O)C1CC(N2CC(F)(F)C2)CN1S(=O)(=O)c1cccc(C#N)c1. The van der Waals surface area contributed by atoms with Gasteiger partial charge in [-0.05, 0) is 49.2 Å². The Kier molecular flexibility index (Phi) is 10.9. The number of esters is 1. The molecule has 3 atom stereocenters. The predicted molar refractivity (Wildman–Crippen MR) is 175 cm³/mol. The number of nitrogens with one attached hydrogen (secondary N) is 2. The van der Waals surface area contributed by atoms with Crippen LogP contribution < -0.4 is 10.6 Å². The molecule has 17 heteroatoms. The van der Waals surface area contributed by atoms with Gasteiger partial charge in [-0.3, -0.25) is 19.5 Å². The Morgan fingerprint density at radius 3 is 2.41 bits per heavy atom. The monoisotopic (exact) mass is 734 g/mol. The molecule has 2 N–H and O–H groups in total. The van der Waals surface area contributed by atoms with Crippen LogP contribution in [-0.2, 0) is 30.8 Å². The van der Waals surface area contributed by atoms with Gasteiger partial charge in [-0.1, -0.05) is 41.4 Å². The van der Waals surface area contributed by atoms with Gasteiger partial charge in [-0.2, -0.15) is 9.57 Å². The van der Waals surface area contributed by atoms with E-state index in [4.69, 9.17) is 27.9 Å². The Labute approximate surface area is 291 Å². The van der Waals surface area contributed by atoms with E-state index < -0.39 is 64.9 Å². The molecule has 5 rings (SSSR count). The number of benzene rings is 2. The van der Waals surface area contributed by atoms with Crippen molar-refractivity contribution in [3.63, 3.8) is 0 Å². The quantitative estimate of drug-likeness (QED) is 0.279. The number of rotatable bonds is 11. The van der Waals surface area contributed by atoms with Crippen molar-refractivity contribution in [1.29, 1.82) is 5.26 Å². The van der Waals surface area contributed by atoms with E-state index in [1.54, 1.807) is 31.2 Å². The van der Waals surface area contributed by atoms with Crippen molar-refractivity contribution < 1.29 is 36.3 Å². The summed E-state index contributed by atoms with van der Waals surface area (Å²) >= 11 is 12.1. The Balaban J connectivity index is 1.35. The number of nitrogens with zero attached hydrogens (tertiary/aromatic N) is 4. The number of carbonyl (C=O) groups excluding carboxylic acids is 3. The van der Waals surface area contributed by atoms with Crippen molar-refractivity contribution in [1.82, 2.24) is 19.5 Å². The molecule has 1 aromatic heterocycles. The maximum absolute atomic E-state index is 13.8. The molecule has 0 aliphatic carbocycles. The highest BCUT2D eigenvalue weighted by molar-refractivity contribution is 7.89. The van der Waals surface area contributed by atoms with Gasteiger partial charge in [0.25, 0.3) is 11.8 Å². The number of likely N-dealkylation sites (tertiary alicyclic amines) is 1. The Bertz CT molecular complexity index is 1880. The summed E-state index contributed by atoms with van der Waals surface area (Å²) in [5.41, 5.74) is 1.06. The molecule has 2 amide bonds. The number of hydrogen-bond donors (Lipinski definition) is 2. The van der Waals surface area contributed by atoms with Gasteiger partial charge in [0, 0.05) is 37.1 Å². The van der Waals surface area contributed by atoms with Gasteiger partial charge >= 0.3 is 5.97 Å². The molecule has 12 nitrogen and oxygen atoms in total. The van der Waals surface area contributed by atoms with E-state index in [1.807, 2.05) is 6.07 Å². The van der Waals surface area contributed by atoms with Crippen LogP contribution >= 0.6 is 23.2 Å². The number of pyridine rings is 1.